The van der Waals surface area contributed by atoms with Crippen LogP contribution >= 0.6 is 0 Å². The predicted octanol–water partition coefficient (Wildman–Crippen LogP) is 2.32. The minimum absolute atomic E-state index is 0.0304. The SMILES string of the molecule is Cc1ccc(N(CCC(=O)O)C(=O)CCCCCN)cc1. The average Bonchev–Trinajstić information content (AvgIpc) is 2.45. The second-order valence-electron chi connectivity index (χ2n) is 5.12. The summed E-state index contributed by atoms with van der Waals surface area (Å²) in [6, 6.07) is 7.56. The van der Waals surface area contributed by atoms with Crippen LogP contribution in [-0.4, -0.2) is 30.1 Å². The number of aliphatic carboxylic acids is 1. The van der Waals surface area contributed by atoms with E-state index in [0.717, 1.165) is 30.5 Å². The molecule has 0 aliphatic rings. The van der Waals surface area contributed by atoms with Gasteiger partial charge in [0.15, 0.2) is 0 Å². The van der Waals surface area contributed by atoms with E-state index in [-0.39, 0.29) is 18.9 Å². The summed E-state index contributed by atoms with van der Waals surface area (Å²) in [4.78, 5) is 24.6. The Balaban J connectivity index is 2.69. The van der Waals surface area contributed by atoms with Gasteiger partial charge < -0.3 is 15.7 Å². The fourth-order valence-electron chi connectivity index (χ4n) is 2.06. The molecule has 0 unspecified atom stereocenters. The predicted molar refractivity (Wildman–Crippen MR) is 83.3 cm³/mol. The zero-order valence-corrected chi connectivity index (χ0v) is 12.5. The summed E-state index contributed by atoms with van der Waals surface area (Å²) in [5.41, 5.74) is 7.29. The number of carboxylic acid groups (broad SMARTS) is 1. The van der Waals surface area contributed by atoms with E-state index in [9.17, 15) is 9.59 Å². The molecule has 0 aliphatic heterocycles. The molecule has 0 atom stereocenters. The number of nitrogens with zero attached hydrogens (tertiary/aromatic N) is 1. The van der Waals surface area contributed by atoms with Gasteiger partial charge >= 0.3 is 5.97 Å². The Morgan fingerprint density at radius 2 is 1.76 bits per heavy atom. The van der Waals surface area contributed by atoms with Gasteiger partial charge in [0.25, 0.3) is 0 Å². The highest BCUT2D eigenvalue weighted by Crippen LogP contribution is 2.17. The molecule has 0 aliphatic carbocycles. The van der Waals surface area contributed by atoms with Crippen molar-refractivity contribution in [3.63, 3.8) is 0 Å². The van der Waals surface area contributed by atoms with Crippen molar-refractivity contribution < 1.29 is 14.7 Å². The standard InChI is InChI=1S/C16H24N2O3/c1-13-6-8-14(9-7-13)18(12-10-16(20)21)15(19)5-3-2-4-11-17/h6-9H,2-5,10-12,17H2,1H3,(H,20,21). The molecule has 116 valence electrons. The normalized spacial score (nSPS) is 10.4. The molecule has 0 heterocycles. The Bertz CT molecular complexity index is 457. The van der Waals surface area contributed by atoms with E-state index < -0.39 is 5.97 Å². The topological polar surface area (TPSA) is 83.6 Å². The zero-order chi connectivity index (χ0) is 15.7. The highest BCUT2D eigenvalue weighted by Gasteiger charge is 2.16. The van der Waals surface area contributed by atoms with E-state index in [4.69, 9.17) is 10.8 Å². The van der Waals surface area contributed by atoms with Gasteiger partial charge in [-0.25, -0.2) is 0 Å². The van der Waals surface area contributed by atoms with Crippen molar-refractivity contribution in [1.29, 1.82) is 0 Å². The van der Waals surface area contributed by atoms with Gasteiger partial charge in [0, 0.05) is 18.7 Å². The van der Waals surface area contributed by atoms with Gasteiger partial charge in [-0.15, -0.1) is 0 Å². The van der Waals surface area contributed by atoms with Crippen LogP contribution in [-0.2, 0) is 9.59 Å². The number of carbonyl (C=O) groups excluding carboxylic acids is 1. The van der Waals surface area contributed by atoms with Crippen molar-refractivity contribution in [2.75, 3.05) is 18.0 Å². The number of nitrogens with two attached hydrogens (primary N) is 1. The molecule has 0 radical (unpaired) electrons. The molecule has 1 aromatic carbocycles. The second kappa shape index (κ2) is 9.13. The monoisotopic (exact) mass is 292 g/mol. The largest absolute Gasteiger partial charge is 0.481 e. The van der Waals surface area contributed by atoms with Crippen LogP contribution in [0.3, 0.4) is 0 Å². The third-order valence-corrected chi connectivity index (χ3v) is 3.29. The first-order valence-corrected chi connectivity index (χ1v) is 7.33. The van der Waals surface area contributed by atoms with Crippen molar-refractivity contribution in [2.24, 2.45) is 5.73 Å². The Morgan fingerprint density at radius 1 is 1.10 bits per heavy atom. The van der Waals surface area contributed by atoms with Crippen molar-refractivity contribution in [3.8, 4) is 0 Å². The van der Waals surface area contributed by atoms with Gasteiger partial charge in [-0.05, 0) is 38.4 Å². The summed E-state index contributed by atoms with van der Waals surface area (Å²) in [5, 5.41) is 8.83. The Hall–Kier alpha value is -1.88. The minimum Gasteiger partial charge on any atom is -0.481 e. The van der Waals surface area contributed by atoms with E-state index in [1.54, 1.807) is 4.90 Å². The fourth-order valence-corrected chi connectivity index (χ4v) is 2.06. The molecule has 1 amide bonds. The molecule has 3 N–H and O–H groups in total. The first kappa shape index (κ1) is 17.2. The lowest BCUT2D eigenvalue weighted by Gasteiger charge is -2.22. The second-order valence-corrected chi connectivity index (χ2v) is 5.12. The molecule has 0 saturated carbocycles. The van der Waals surface area contributed by atoms with Crippen LogP contribution in [0.1, 0.15) is 37.7 Å². The van der Waals surface area contributed by atoms with Crippen LogP contribution in [0, 0.1) is 6.92 Å². The third kappa shape index (κ3) is 6.40. The quantitative estimate of drug-likeness (QED) is 0.684. The molecule has 1 rings (SSSR count). The summed E-state index contributed by atoms with van der Waals surface area (Å²) in [5.74, 6) is -0.930. The molecule has 0 aromatic heterocycles. The van der Waals surface area contributed by atoms with Crippen LogP contribution in [0.5, 0.6) is 0 Å². The highest BCUT2D eigenvalue weighted by molar-refractivity contribution is 5.93. The van der Waals surface area contributed by atoms with E-state index in [2.05, 4.69) is 0 Å². The van der Waals surface area contributed by atoms with Crippen molar-refractivity contribution in [2.45, 2.75) is 39.0 Å². The summed E-state index contributed by atoms with van der Waals surface area (Å²) < 4.78 is 0. The molecular weight excluding hydrogens is 268 g/mol. The molecule has 0 fully saturated rings. The smallest absolute Gasteiger partial charge is 0.305 e. The van der Waals surface area contributed by atoms with Gasteiger partial charge in [-0.2, -0.15) is 0 Å². The third-order valence-electron chi connectivity index (χ3n) is 3.29. The first-order chi connectivity index (χ1) is 10.0. The molecule has 1 aromatic rings. The molecule has 5 heteroatoms. The lowest BCUT2D eigenvalue weighted by molar-refractivity contribution is -0.136. The zero-order valence-electron chi connectivity index (χ0n) is 12.5. The van der Waals surface area contributed by atoms with Crippen LogP contribution in [0.15, 0.2) is 24.3 Å². The van der Waals surface area contributed by atoms with Gasteiger partial charge in [0.1, 0.15) is 0 Å². The fraction of sp³-hybridized carbons (Fsp3) is 0.500. The average molecular weight is 292 g/mol. The van der Waals surface area contributed by atoms with Crippen molar-refractivity contribution in [3.05, 3.63) is 29.8 Å². The van der Waals surface area contributed by atoms with Crippen LogP contribution in [0.25, 0.3) is 0 Å². The van der Waals surface area contributed by atoms with Gasteiger partial charge in [-0.1, -0.05) is 24.1 Å². The number of aryl methyl sites for hydroxylation is 1. The summed E-state index contributed by atoms with van der Waals surface area (Å²) in [6.45, 7) is 2.81. The number of unbranched alkanes of at least 4 members (excludes halogenated alkanes) is 2. The van der Waals surface area contributed by atoms with E-state index in [0.29, 0.717) is 13.0 Å². The molecular formula is C16H24N2O3. The van der Waals surface area contributed by atoms with Gasteiger partial charge in [0.2, 0.25) is 5.91 Å². The lowest BCUT2D eigenvalue weighted by atomic mass is 10.1. The number of amides is 1. The molecule has 0 saturated heterocycles. The van der Waals surface area contributed by atoms with Crippen LogP contribution < -0.4 is 10.6 Å². The maximum atomic E-state index is 12.3. The maximum Gasteiger partial charge on any atom is 0.305 e. The van der Waals surface area contributed by atoms with E-state index in [1.165, 1.54) is 0 Å². The van der Waals surface area contributed by atoms with Gasteiger partial charge in [0.05, 0.1) is 6.42 Å². The minimum atomic E-state index is -0.900. The highest BCUT2D eigenvalue weighted by atomic mass is 16.4. The molecule has 0 spiro atoms. The van der Waals surface area contributed by atoms with Crippen molar-refractivity contribution in [1.82, 2.24) is 0 Å². The van der Waals surface area contributed by atoms with Crippen LogP contribution in [0.2, 0.25) is 0 Å². The lowest BCUT2D eigenvalue weighted by Crippen LogP contribution is -2.32. The Labute approximate surface area is 125 Å². The molecule has 0 bridgehead atoms. The van der Waals surface area contributed by atoms with E-state index in [1.807, 2.05) is 31.2 Å². The van der Waals surface area contributed by atoms with Crippen LogP contribution in [0.4, 0.5) is 5.69 Å². The number of anilines is 1. The first-order valence-electron chi connectivity index (χ1n) is 7.33. The summed E-state index contributed by atoms with van der Waals surface area (Å²) >= 11 is 0. The number of rotatable bonds is 9. The number of benzene rings is 1. The van der Waals surface area contributed by atoms with Gasteiger partial charge in [-0.3, -0.25) is 9.59 Å². The van der Waals surface area contributed by atoms with E-state index >= 15 is 0 Å². The summed E-state index contributed by atoms with van der Waals surface area (Å²) in [6.07, 6.45) is 2.98. The number of hydrogen-bond acceptors (Lipinski definition) is 3. The molecule has 5 nitrogen and oxygen atoms in total. The number of carboxylic acids is 1. The number of carbonyl (C=O) groups is 2. The maximum absolute atomic E-state index is 12.3. The number of hydrogen-bond donors (Lipinski definition) is 2. The van der Waals surface area contributed by atoms with Crippen molar-refractivity contribution >= 4 is 17.6 Å². The Morgan fingerprint density at radius 3 is 2.33 bits per heavy atom. The Kier molecular flexibility index (Phi) is 7.46. The molecule has 21 heavy (non-hydrogen) atoms. The summed E-state index contributed by atoms with van der Waals surface area (Å²) in [7, 11) is 0.